The minimum atomic E-state index is -0.796. The van der Waals surface area contributed by atoms with Gasteiger partial charge in [0.2, 0.25) is 23.2 Å². The highest BCUT2D eigenvalue weighted by Gasteiger charge is 2.36. The van der Waals surface area contributed by atoms with Gasteiger partial charge in [0.15, 0.2) is 5.69 Å². The largest absolute Gasteiger partial charge is 0.496 e. The van der Waals surface area contributed by atoms with E-state index >= 15 is 0 Å². The molecule has 1 aliphatic rings. The SMILES string of the molecule is CCCCSc1nnc2c(n1)O[C@@H](c1ccc(N(CC)CC)cc1OC)N(C(C)=O)c1ccccc1-2. The van der Waals surface area contributed by atoms with Crippen molar-refractivity contribution >= 4 is 29.0 Å². The van der Waals surface area contributed by atoms with Gasteiger partial charge in [0.25, 0.3) is 0 Å². The average molecular weight is 508 g/mol. The van der Waals surface area contributed by atoms with Crippen molar-refractivity contribution in [1.29, 1.82) is 0 Å². The summed E-state index contributed by atoms with van der Waals surface area (Å²) in [7, 11) is 1.63. The van der Waals surface area contributed by atoms with E-state index in [1.165, 1.54) is 6.92 Å². The smallest absolute Gasteiger partial charge is 0.247 e. The molecule has 1 amide bonds. The molecule has 9 heteroatoms. The van der Waals surface area contributed by atoms with Crippen LogP contribution in [0.15, 0.2) is 47.6 Å². The van der Waals surface area contributed by atoms with Crippen LogP contribution in [0.3, 0.4) is 0 Å². The van der Waals surface area contributed by atoms with Gasteiger partial charge in [-0.3, -0.25) is 9.69 Å². The fourth-order valence-corrected chi connectivity index (χ4v) is 5.17. The number of amides is 1. The van der Waals surface area contributed by atoms with E-state index < -0.39 is 6.23 Å². The van der Waals surface area contributed by atoms with E-state index in [0.29, 0.717) is 28.2 Å². The van der Waals surface area contributed by atoms with Crippen molar-refractivity contribution in [2.45, 2.75) is 51.9 Å². The Bertz CT molecular complexity index is 1220. The molecule has 0 saturated heterocycles. The first-order chi connectivity index (χ1) is 17.5. The maximum atomic E-state index is 13.1. The molecule has 2 aromatic carbocycles. The van der Waals surface area contributed by atoms with Crippen LogP contribution < -0.4 is 19.3 Å². The Morgan fingerprint density at radius 3 is 2.61 bits per heavy atom. The molecule has 1 aliphatic heterocycles. The fraction of sp³-hybridized carbons (Fsp3) is 0.407. The summed E-state index contributed by atoms with van der Waals surface area (Å²) < 4.78 is 12.3. The number of benzene rings is 2. The number of carbonyl (C=O) groups is 1. The standard InChI is InChI=1S/C27H33N5O3S/c1-6-9-16-36-27-28-25-24(29-30-27)20-12-10-11-13-22(20)32(18(4)33)26(35-25)21-15-14-19(17-23(21)34-5)31(7-2)8-3/h10-15,17,26H,6-9,16H2,1-5H3/t26-/m0/s1. The summed E-state index contributed by atoms with van der Waals surface area (Å²) in [6.07, 6.45) is 1.36. The van der Waals surface area contributed by atoms with Crippen LogP contribution in [0.4, 0.5) is 11.4 Å². The van der Waals surface area contributed by atoms with Gasteiger partial charge in [0.1, 0.15) is 5.75 Å². The van der Waals surface area contributed by atoms with Gasteiger partial charge in [-0.2, -0.15) is 4.98 Å². The van der Waals surface area contributed by atoms with E-state index in [0.717, 1.165) is 48.5 Å². The summed E-state index contributed by atoms with van der Waals surface area (Å²) in [5.41, 5.74) is 3.71. The van der Waals surface area contributed by atoms with Crippen LogP contribution in [0, 0.1) is 0 Å². The molecule has 3 aromatic rings. The lowest BCUT2D eigenvalue weighted by Crippen LogP contribution is -2.36. The van der Waals surface area contributed by atoms with Gasteiger partial charge < -0.3 is 14.4 Å². The van der Waals surface area contributed by atoms with Gasteiger partial charge in [-0.15, -0.1) is 10.2 Å². The van der Waals surface area contributed by atoms with Gasteiger partial charge in [-0.05, 0) is 38.5 Å². The number of carbonyl (C=O) groups excluding carboxylic acids is 1. The molecule has 0 unspecified atom stereocenters. The molecule has 190 valence electrons. The number of aromatic nitrogens is 3. The maximum Gasteiger partial charge on any atom is 0.247 e. The minimum Gasteiger partial charge on any atom is -0.496 e. The molecule has 0 aliphatic carbocycles. The summed E-state index contributed by atoms with van der Waals surface area (Å²) in [5, 5.41) is 9.39. The minimum absolute atomic E-state index is 0.166. The topological polar surface area (TPSA) is 80.7 Å². The molecule has 1 atom stereocenters. The number of ether oxygens (including phenoxy) is 2. The highest BCUT2D eigenvalue weighted by molar-refractivity contribution is 7.99. The summed E-state index contributed by atoms with van der Waals surface area (Å²) in [5.74, 6) is 1.72. The highest BCUT2D eigenvalue weighted by atomic mass is 32.2. The third-order valence-electron chi connectivity index (χ3n) is 6.19. The fourth-order valence-electron chi connectivity index (χ4n) is 4.31. The van der Waals surface area contributed by atoms with Gasteiger partial charge in [0, 0.05) is 43.1 Å². The Balaban J connectivity index is 1.86. The molecule has 0 saturated carbocycles. The predicted octanol–water partition coefficient (Wildman–Crippen LogP) is 5.73. The van der Waals surface area contributed by atoms with Crippen LogP contribution in [0.2, 0.25) is 0 Å². The maximum absolute atomic E-state index is 13.1. The molecule has 0 bridgehead atoms. The van der Waals surface area contributed by atoms with Crippen LogP contribution >= 0.6 is 11.8 Å². The van der Waals surface area contributed by atoms with Crippen molar-refractivity contribution in [3.05, 3.63) is 48.0 Å². The first-order valence-electron chi connectivity index (χ1n) is 12.4. The second kappa shape index (κ2) is 11.6. The van der Waals surface area contributed by atoms with Crippen LogP contribution in [-0.2, 0) is 4.79 Å². The number of unbranched alkanes of at least 4 members (excludes halogenated alkanes) is 1. The van der Waals surface area contributed by atoms with Crippen LogP contribution in [0.1, 0.15) is 52.3 Å². The second-order valence-corrected chi connectivity index (χ2v) is 9.49. The summed E-state index contributed by atoms with van der Waals surface area (Å²) in [6.45, 7) is 9.67. The molecule has 4 rings (SSSR count). The zero-order valence-electron chi connectivity index (χ0n) is 21.5. The molecular weight excluding hydrogens is 474 g/mol. The highest BCUT2D eigenvalue weighted by Crippen LogP contribution is 2.45. The summed E-state index contributed by atoms with van der Waals surface area (Å²) >= 11 is 1.55. The number of methoxy groups -OCH3 is 1. The van der Waals surface area contributed by atoms with E-state index in [1.807, 2.05) is 42.5 Å². The molecular formula is C27H33N5O3S. The zero-order valence-corrected chi connectivity index (χ0v) is 22.3. The lowest BCUT2D eigenvalue weighted by molar-refractivity contribution is -0.118. The van der Waals surface area contributed by atoms with E-state index in [4.69, 9.17) is 14.5 Å². The number of hydrogen-bond donors (Lipinski definition) is 0. The summed E-state index contributed by atoms with van der Waals surface area (Å²) in [6, 6.07) is 13.6. The normalized spacial score (nSPS) is 14.4. The monoisotopic (exact) mass is 507 g/mol. The Kier molecular flexibility index (Phi) is 8.30. The van der Waals surface area contributed by atoms with E-state index in [9.17, 15) is 4.79 Å². The van der Waals surface area contributed by atoms with Crippen LogP contribution in [0.25, 0.3) is 11.3 Å². The molecule has 0 spiro atoms. The number of anilines is 2. The van der Waals surface area contributed by atoms with Crippen molar-refractivity contribution in [3.63, 3.8) is 0 Å². The number of rotatable bonds is 9. The molecule has 0 fully saturated rings. The number of fused-ring (bicyclic) bond motifs is 3. The van der Waals surface area contributed by atoms with Crippen molar-refractivity contribution < 1.29 is 14.3 Å². The third kappa shape index (κ3) is 5.11. The third-order valence-corrected chi connectivity index (χ3v) is 7.12. The van der Waals surface area contributed by atoms with Gasteiger partial charge in [0.05, 0.1) is 18.4 Å². The van der Waals surface area contributed by atoms with Crippen molar-refractivity contribution in [2.75, 3.05) is 35.8 Å². The molecule has 0 N–H and O–H groups in total. The number of para-hydroxylation sites is 1. The molecule has 36 heavy (non-hydrogen) atoms. The number of hydrogen-bond acceptors (Lipinski definition) is 8. The molecule has 8 nitrogen and oxygen atoms in total. The van der Waals surface area contributed by atoms with Crippen molar-refractivity contribution in [3.8, 4) is 22.9 Å². The van der Waals surface area contributed by atoms with Gasteiger partial charge >= 0.3 is 0 Å². The van der Waals surface area contributed by atoms with Gasteiger partial charge in [-0.1, -0.05) is 43.3 Å². The second-order valence-electron chi connectivity index (χ2n) is 8.43. The van der Waals surface area contributed by atoms with Crippen molar-refractivity contribution in [2.24, 2.45) is 0 Å². The number of thioether (sulfide) groups is 1. The Hall–Kier alpha value is -3.33. The lowest BCUT2D eigenvalue weighted by atomic mass is 10.1. The zero-order chi connectivity index (χ0) is 25.7. The Morgan fingerprint density at radius 2 is 1.92 bits per heavy atom. The van der Waals surface area contributed by atoms with Crippen LogP contribution in [-0.4, -0.2) is 47.0 Å². The molecule has 2 heterocycles. The molecule has 1 aromatic heterocycles. The van der Waals surface area contributed by atoms with Crippen molar-refractivity contribution in [1.82, 2.24) is 15.2 Å². The summed E-state index contributed by atoms with van der Waals surface area (Å²) in [4.78, 5) is 21.7. The van der Waals surface area contributed by atoms with E-state index in [2.05, 4.69) is 35.9 Å². The van der Waals surface area contributed by atoms with Crippen LogP contribution in [0.5, 0.6) is 11.6 Å². The first-order valence-corrected chi connectivity index (χ1v) is 13.4. The molecule has 0 radical (unpaired) electrons. The average Bonchev–Trinajstić information content (AvgIpc) is 3.03. The lowest BCUT2D eigenvalue weighted by Gasteiger charge is -2.31. The van der Waals surface area contributed by atoms with Gasteiger partial charge in [-0.25, -0.2) is 0 Å². The van der Waals surface area contributed by atoms with E-state index in [1.54, 1.807) is 23.8 Å². The first kappa shape index (κ1) is 25.8. The number of nitrogens with zero attached hydrogens (tertiary/aromatic N) is 5. The predicted molar refractivity (Wildman–Crippen MR) is 144 cm³/mol. The van der Waals surface area contributed by atoms with E-state index in [-0.39, 0.29) is 5.91 Å². The quantitative estimate of drug-likeness (QED) is 0.268. The Labute approximate surface area is 217 Å². The Morgan fingerprint density at radius 1 is 1.14 bits per heavy atom.